The van der Waals surface area contributed by atoms with E-state index in [1.54, 1.807) is 12.5 Å². The van der Waals surface area contributed by atoms with Gasteiger partial charge in [-0.3, -0.25) is 0 Å². The predicted octanol–water partition coefficient (Wildman–Crippen LogP) is 1.76. The van der Waals surface area contributed by atoms with E-state index >= 15 is 0 Å². The first-order valence-electron chi connectivity index (χ1n) is 5.93. The molecule has 5 nitrogen and oxygen atoms in total. The summed E-state index contributed by atoms with van der Waals surface area (Å²) in [5, 5.41) is 11.3. The van der Waals surface area contributed by atoms with Crippen LogP contribution in [0, 0.1) is 0 Å². The van der Waals surface area contributed by atoms with Crippen LogP contribution in [0.5, 0.6) is 0 Å². The van der Waals surface area contributed by atoms with Crippen molar-refractivity contribution < 1.29 is 4.42 Å². The predicted molar refractivity (Wildman–Crippen MR) is 64.7 cm³/mol. The van der Waals surface area contributed by atoms with Gasteiger partial charge in [0.05, 0.1) is 24.2 Å². The number of aromatic nitrogens is 3. The van der Waals surface area contributed by atoms with Crippen LogP contribution in [0.15, 0.2) is 22.9 Å². The third kappa shape index (κ3) is 2.10. The van der Waals surface area contributed by atoms with Crippen LogP contribution >= 0.6 is 0 Å². The molecule has 0 spiro atoms. The second-order valence-electron chi connectivity index (χ2n) is 3.85. The highest BCUT2D eigenvalue weighted by Crippen LogP contribution is 2.25. The highest BCUT2D eigenvalue weighted by atomic mass is 16.3. The summed E-state index contributed by atoms with van der Waals surface area (Å²) in [4.78, 5) is 0. The van der Waals surface area contributed by atoms with Crippen molar-refractivity contribution in [2.45, 2.75) is 32.9 Å². The summed E-state index contributed by atoms with van der Waals surface area (Å²) in [6.45, 7) is 4.96. The lowest BCUT2D eigenvalue weighted by Crippen LogP contribution is -2.21. The molecule has 2 rings (SSSR count). The maximum absolute atomic E-state index is 5.48. The molecule has 2 aromatic heterocycles. The van der Waals surface area contributed by atoms with Gasteiger partial charge >= 0.3 is 0 Å². The summed E-state index contributed by atoms with van der Waals surface area (Å²) >= 11 is 0. The molecule has 0 bridgehead atoms. The fourth-order valence-corrected chi connectivity index (χ4v) is 2.09. The van der Waals surface area contributed by atoms with Gasteiger partial charge in [0.15, 0.2) is 0 Å². The molecular formula is C12H18N4O. The summed E-state index contributed by atoms with van der Waals surface area (Å²) in [5.74, 6) is 1.01. The maximum Gasteiger partial charge on any atom is 0.108 e. The summed E-state index contributed by atoms with van der Waals surface area (Å²) in [7, 11) is 1.93. The van der Waals surface area contributed by atoms with E-state index in [-0.39, 0.29) is 6.04 Å². The Hall–Kier alpha value is -1.62. The molecule has 92 valence electrons. The highest BCUT2D eigenvalue weighted by molar-refractivity contribution is 5.28. The Morgan fingerprint density at radius 3 is 2.94 bits per heavy atom. The standard InChI is InChI=1S/C12H18N4O/c1-4-11-9(6-7-17-11)12(13-3)10-8-14-15-16(10)5-2/h6-8,12-13H,4-5H2,1-3H3. The van der Waals surface area contributed by atoms with Crippen molar-refractivity contribution in [2.75, 3.05) is 7.05 Å². The van der Waals surface area contributed by atoms with Crippen LogP contribution in [0.4, 0.5) is 0 Å². The third-order valence-electron chi connectivity index (χ3n) is 2.94. The fraction of sp³-hybridized carbons (Fsp3) is 0.500. The molecule has 0 saturated carbocycles. The van der Waals surface area contributed by atoms with Crippen molar-refractivity contribution in [1.29, 1.82) is 0 Å². The Bertz CT molecular complexity index is 432. The number of furan rings is 1. The average Bonchev–Trinajstić information content (AvgIpc) is 2.98. The molecule has 0 aliphatic heterocycles. The van der Waals surface area contributed by atoms with Gasteiger partial charge in [-0.2, -0.15) is 0 Å². The minimum Gasteiger partial charge on any atom is -0.469 e. The van der Waals surface area contributed by atoms with E-state index in [4.69, 9.17) is 4.42 Å². The molecule has 0 saturated heterocycles. The molecule has 0 radical (unpaired) electrons. The van der Waals surface area contributed by atoms with Crippen molar-refractivity contribution in [3.05, 3.63) is 35.5 Å². The normalized spacial score (nSPS) is 12.9. The lowest BCUT2D eigenvalue weighted by molar-refractivity contribution is 0.497. The molecule has 0 amide bonds. The first-order valence-corrected chi connectivity index (χ1v) is 5.93. The Labute approximate surface area is 101 Å². The van der Waals surface area contributed by atoms with Crippen LogP contribution in [0.2, 0.25) is 0 Å². The third-order valence-corrected chi connectivity index (χ3v) is 2.94. The zero-order valence-corrected chi connectivity index (χ0v) is 10.5. The average molecular weight is 234 g/mol. The zero-order chi connectivity index (χ0) is 12.3. The highest BCUT2D eigenvalue weighted by Gasteiger charge is 2.21. The molecule has 17 heavy (non-hydrogen) atoms. The minimum absolute atomic E-state index is 0.0821. The monoisotopic (exact) mass is 234 g/mol. The van der Waals surface area contributed by atoms with Gasteiger partial charge in [-0.1, -0.05) is 12.1 Å². The minimum atomic E-state index is 0.0821. The summed E-state index contributed by atoms with van der Waals surface area (Å²) < 4.78 is 7.37. The Morgan fingerprint density at radius 2 is 2.29 bits per heavy atom. The fourth-order valence-electron chi connectivity index (χ4n) is 2.09. The number of rotatable bonds is 5. The first kappa shape index (κ1) is 11.9. The van der Waals surface area contributed by atoms with Crippen molar-refractivity contribution >= 4 is 0 Å². The molecule has 0 aromatic carbocycles. The van der Waals surface area contributed by atoms with E-state index in [0.717, 1.165) is 30.0 Å². The number of hydrogen-bond donors (Lipinski definition) is 1. The molecule has 1 N–H and O–H groups in total. The van der Waals surface area contributed by atoms with E-state index in [1.807, 2.05) is 17.8 Å². The lowest BCUT2D eigenvalue weighted by atomic mass is 10.0. The number of hydrogen-bond acceptors (Lipinski definition) is 4. The number of nitrogens with one attached hydrogen (secondary N) is 1. The van der Waals surface area contributed by atoms with Crippen molar-refractivity contribution in [3.63, 3.8) is 0 Å². The molecule has 5 heteroatoms. The van der Waals surface area contributed by atoms with Crippen molar-refractivity contribution in [2.24, 2.45) is 0 Å². The lowest BCUT2D eigenvalue weighted by Gasteiger charge is -2.16. The molecular weight excluding hydrogens is 216 g/mol. The second-order valence-corrected chi connectivity index (χ2v) is 3.85. The van der Waals surface area contributed by atoms with Crippen LogP contribution in [0.1, 0.15) is 36.9 Å². The van der Waals surface area contributed by atoms with E-state index in [1.165, 1.54) is 0 Å². The van der Waals surface area contributed by atoms with Crippen molar-refractivity contribution in [1.82, 2.24) is 20.3 Å². The maximum atomic E-state index is 5.48. The van der Waals surface area contributed by atoms with E-state index < -0.39 is 0 Å². The van der Waals surface area contributed by atoms with Crippen LogP contribution in [0.3, 0.4) is 0 Å². The second kappa shape index (κ2) is 5.14. The van der Waals surface area contributed by atoms with Gasteiger partial charge in [0.2, 0.25) is 0 Å². The molecule has 1 unspecified atom stereocenters. The van der Waals surface area contributed by atoms with E-state index in [0.29, 0.717) is 0 Å². The van der Waals surface area contributed by atoms with Gasteiger partial charge < -0.3 is 9.73 Å². The SMILES string of the molecule is CCc1occc1C(NC)c1cnnn1CC. The molecule has 2 aromatic rings. The Balaban J connectivity index is 2.40. The van der Waals surface area contributed by atoms with Gasteiger partial charge in [0.25, 0.3) is 0 Å². The van der Waals surface area contributed by atoms with E-state index in [2.05, 4.69) is 29.5 Å². The molecule has 0 aliphatic carbocycles. The molecule has 2 heterocycles. The van der Waals surface area contributed by atoms with Crippen molar-refractivity contribution in [3.8, 4) is 0 Å². The van der Waals surface area contributed by atoms with Crippen LogP contribution < -0.4 is 5.32 Å². The molecule has 0 aliphatic rings. The quantitative estimate of drug-likeness (QED) is 0.856. The van der Waals surface area contributed by atoms with Gasteiger partial charge in [0.1, 0.15) is 5.76 Å². The summed E-state index contributed by atoms with van der Waals surface area (Å²) in [6, 6.07) is 2.09. The van der Waals surface area contributed by atoms with Crippen LogP contribution in [-0.4, -0.2) is 22.0 Å². The molecule has 0 fully saturated rings. The summed E-state index contributed by atoms with van der Waals surface area (Å²) in [6.07, 6.45) is 4.42. The Kier molecular flexibility index (Phi) is 3.58. The number of aryl methyl sites for hydroxylation is 2. The van der Waals surface area contributed by atoms with Gasteiger partial charge in [0, 0.05) is 18.5 Å². The van der Waals surface area contributed by atoms with Gasteiger partial charge in [-0.25, -0.2) is 4.68 Å². The van der Waals surface area contributed by atoms with Gasteiger partial charge in [-0.05, 0) is 20.0 Å². The first-order chi connectivity index (χ1) is 8.31. The largest absolute Gasteiger partial charge is 0.469 e. The Morgan fingerprint density at radius 1 is 1.47 bits per heavy atom. The smallest absolute Gasteiger partial charge is 0.108 e. The van der Waals surface area contributed by atoms with Crippen LogP contribution in [0.25, 0.3) is 0 Å². The van der Waals surface area contributed by atoms with E-state index in [9.17, 15) is 0 Å². The van der Waals surface area contributed by atoms with Crippen LogP contribution in [-0.2, 0) is 13.0 Å². The topological polar surface area (TPSA) is 55.9 Å². The zero-order valence-electron chi connectivity index (χ0n) is 10.5. The number of nitrogens with zero attached hydrogens (tertiary/aromatic N) is 3. The molecule has 1 atom stereocenters. The van der Waals surface area contributed by atoms with Gasteiger partial charge in [-0.15, -0.1) is 5.10 Å². The summed E-state index contributed by atoms with van der Waals surface area (Å²) in [5.41, 5.74) is 2.22.